The first-order valence-electron chi connectivity index (χ1n) is 5.53. The molecule has 17 heavy (non-hydrogen) atoms. The van der Waals surface area contributed by atoms with Crippen LogP contribution in [-0.2, 0) is 11.8 Å². The molecule has 0 aliphatic carbocycles. The van der Waals surface area contributed by atoms with Gasteiger partial charge in [0.25, 0.3) is 0 Å². The first-order valence-corrected chi connectivity index (χ1v) is 5.53. The van der Waals surface area contributed by atoms with Crippen LogP contribution >= 0.6 is 0 Å². The van der Waals surface area contributed by atoms with Gasteiger partial charge in [0.15, 0.2) is 0 Å². The summed E-state index contributed by atoms with van der Waals surface area (Å²) in [6.45, 7) is 3.29. The van der Waals surface area contributed by atoms with Crippen molar-refractivity contribution in [1.29, 1.82) is 0 Å². The molecule has 0 spiro atoms. The molecule has 0 aliphatic rings. The molecule has 0 saturated heterocycles. The van der Waals surface area contributed by atoms with E-state index in [9.17, 15) is 9.90 Å². The third-order valence-corrected chi connectivity index (χ3v) is 2.74. The van der Waals surface area contributed by atoms with Crippen LogP contribution in [0.4, 0.5) is 0 Å². The van der Waals surface area contributed by atoms with Crippen LogP contribution in [0, 0.1) is 6.92 Å². The zero-order valence-corrected chi connectivity index (χ0v) is 10.8. The maximum atomic E-state index is 11.2. The van der Waals surface area contributed by atoms with Crippen LogP contribution < -0.4 is 5.32 Å². The number of aromatic nitrogens is 2. The Bertz CT molecular complexity index is 387. The van der Waals surface area contributed by atoms with Gasteiger partial charge in [0.1, 0.15) is 6.04 Å². The van der Waals surface area contributed by atoms with Gasteiger partial charge in [0, 0.05) is 31.4 Å². The number of carbonyl (C=O) groups is 1. The fourth-order valence-corrected chi connectivity index (χ4v) is 1.56. The van der Waals surface area contributed by atoms with Gasteiger partial charge in [0.2, 0.25) is 0 Å². The van der Waals surface area contributed by atoms with Crippen LogP contribution in [0.2, 0.25) is 0 Å². The normalized spacial score (nSPS) is 13.0. The molecule has 1 heterocycles. The molecule has 0 saturated carbocycles. The van der Waals surface area contributed by atoms with Gasteiger partial charge in [-0.1, -0.05) is 0 Å². The number of aryl methyl sites for hydroxylation is 1. The van der Waals surface area contributed by atoms with Crippen molar-refractivity contribution in [1.82, 2.24) is 20.0 Å². The molecular weight excluding hydrogens is 220 g/mol. The molecule has 6 nitrogen and oxygen atoms in total. The van der Waals surface area contributed by atoms with Crippen LogP contribution in [0.5, 0.6) is 0 Å². The highest BCUT2D eigenvalue weighted by Gasteiger charge is 2.22. The van der Waals surface area contributed by atoms with Crippen LogP contribution in [0.25, 0.3) is 0 Å². The Hall–Kier alpha value is -1.40. The molecule has 1 atom stereocenters. The molecule has 0 radical (unpaired) electrons. The number of carboxylic acids is 1. The summed E-state index contributed by atoms with van der Waals surface area (Å²) in [7, 11) is 5.71. The maximum Gasteiger partial charge on any atom is 0.325 e. The number of hydrogen-bond acceptors (Lipinski definition) is 4. The Morgan fingerprint density at radius 2 is 2.29 bits per heavy atom. The van der Waals surface area contributed by atoms with E-state index in [1.807, 2.05) is 25.9 Å². The topological polar surface area (TPSA) is 70.4 Å². The molecule has 0 aliphatic heterocycles. The predicted octanol–water partition coefficient (Wildman–Crippen LogP) is 0.00542. The second-order valence-corrected chi connectivity index (χ2v) is 4.34. The summed E-state index contributed by atoms with van der Waals surface area (Å²) in [6.07, 6.45) is 1.61. The van der Waals surface area contributed by atoms with Crippen LogP contribution in [-0.4, -0.2) is 52.9 Å². The second-order valence-electron chi connectivity index (χ2n) is 4.34. The predicted molar refractivity (Wildman–Crippen MR) is 64.9 cm³/mol. The molecule has 1 aromatic heterocycles. The standard InChI is InChI=1S/C11H20N4O2/c1-8-9(7-13-15(8)4)10(11(16)17)12-5-6-14(2)3/h7,10,12H,5-6H2,1-4H3,(H,16,17). The van der Waals surface area contributed by atoms with Crippen molar-refractivity contribution < 1.29 is 9.90 Å². The number of aliphatic carboxylic acids is 1. The second kappa shape index (κ2) is 5.79. The number of likely N-dealkylation sites (N-methyl/N-ethyl adjacent to an activating group) is 1. The molecule has 0 bridgehead atoms. The molecule has 6 heteroatoms. The molecular formula is C11H20N4O2. The van der Waals surface area contributed by atoms with Gasteiger partial charge >= 0.3 is 5.97 Å². The Kier molecular flexibility index (Phi) is 4.65. The zero-order chi connectivity index (χ0) is 13.0. The summed E-state index contributed by atoms with van der Waals surface area (Å²) in [5, 5.41) is 16.3. The van der Waals surface area contributed by atoms with Crippen LogP contribution in [0.3, 0.4) is 0 Å². The van der Waals surface area contributed by atoms with E-state index in [1.165, 1.54) is 0 Å². The monoisotopic (exact) mass is 240 g/mol. The quantitative estimate of drug-likeness (QED) is 0.732. The fourth-order valence-electron chi connectivity index (χ4n) is 1.56. The lowest BCUT2D eigenvalue weighted by Gasteiger charge is -2.16. The van der Waals surface area contributed by atoms with Crippen LogP contribution in [0.1, 0.15) is 17.3 Å². The van der Waals surface area contributed by atoms with Crippen molar-refractivity contribution in [3.8, 4) is 0 Å². The summed E-state index contributed by atoms with van der Waals surface area (Å²) in [5.41, 5.74) is 1.59. The van der Waals surface area contributed by atoms with Gasteiger partial charge < -0.3 is 10.0 Å². The Labute approximate surface area is 101 Å². The van der Waals surface area contributed by atoms with Crippen LogP contribution in [0.15, 0.2) is 6.20 Å². The number of nitrogens with zero attached hydrogens (tertiary/aromatic N) is 3. The van der Waals surface area contributed by atoms with Crippen molar-refractivity contribution >= 4 is 5.97 Å². The van der Waals surface area contributed by atoms with Crippen molar-refractivity contribution in [2.75, 3.05) is 27.2 Å². The van der Waals surface area contributed by atoms with E-state index in [1.54, 1.807) is 17.9 Å². The molecule has 0 amide bonds. The molecule has 0 fully saturated rings. The molecule has 2 N–H and O–H groups in total. The highest BCUT2D eigenvalue weighted by molar-refractivity contribution is 5.75. The maximum absolute atomic E-state index is 11.2. The summed E-state index contributed by atoms with van der Waals surface area (Å²) in [6, 6.07) is -0.691. The lowest BCUT2D eigenvalue weighted by molar-refractivity contribution is -0.139. The average Bonchev–Trinajstić information content (AvgIpc) is 2.54. The summed E-state index contributed by atoms with van der Waals surface area (Å²) >= 11 is 0. The van der Waals surface area contributed by atoms with E-state index >= 15 is 0 Å². The van der Waals surface area contributed by atoms with E-state index in [0.29, 0.717) is 6.54 Å². The number of rotatable bonds is 6. The zero-order valence-electron chi connectivity index (χ0n) is 10.8. The lowest BCUT2D eigenvalue weighted by atomic mass is 10.1. The van der Waals surface area contributed by atoms with Gasteiger partial charge in [-0.15, -0.1) is 0 Å². The Morgan fingerprint density at radius 3 is 2.71 bits per heavy atom. The van der Waals surface area contributed by atoms with Crippen molar-refractivity contribution in [3.63, 3.8) is 0 Å². The van der Waals surface area contributed by atoms with Gasteiger partial charge in [-0.2, -0.15) is 5.10 Å². The minimum absolute atomic E-state index is 0.623. The first-order chi connectivity index (χ1) is 7.93. The fraction of sp³-hybridized carbons (Fsp3) is 0.636. The first kappa shape index (κ1) is 13.7. The molecule has 1 aromatic rings. The Morgan fingerprint density at radius 1 is 1.65 bits per heavy atom. The van der Waals surface area contributed by atoms with Crippen molar-refractivity contribution in [2.45, 2.75) is 13.0 Å². The molecule has 0 aromatic carbocycles. The summed E-state index contributed by atoms with van der Waals surface area (Å²) in [5.74, 6) is -0.875. The van der Waals surface area contributed by atoms with Gasteiger partial charge in [0.05, 0.1) is 6.20 Å². The minimum atomic E-state index is -0.875. The molecule has 96 valence electrons. The molecule has 1 unspecified atom stereocenters. The van der Waals surface area contributed by atoms with Gasteiger partial charge in [-0.25, -0.2) is 0 Å². The third kappa shape index (κ3) is 3.54. The smallest absolute Gasteiger partial charge is 0.325 e. The van der Waals surface area contributed by atoms with Gasteiger partial charge in [-0.05, 0) is 21.0 Å². The number of hydrogen-bond donors (Lipinski definition) is 2. The van der Waals surface area contributed by atoms with E-state index in [0.717, 1.165) is 17.8 Å². The summed E-state index contributed by atoms with van der Waals surface area (Å²) < 4.78 is 1.68. The summed E-state index contributed by atoms with van der Waals surface area (Å²) in [4.78, 5) is 13.2. The van der Waals surface area contributed by atoms with Gasteiger partial charge in [-0.3, -0.25) is 14.8 Å². The lowest BCUT2D eigenvalue weighted by Crippen LogP contribution is -2.34. The highest BCUT2D eigenvalue weighted by atomic mass is 16.4. The van der Waals surface area contributed by atoms with E-state index < -0.39 is 12.0 Å². The van der Waals surface area contributed by atoms with E-state index in [-0.39, 0.29) is 0 Å². The average molecular weight is 240 g/mol. The SMILES string of the molecule is Cc1c(C(NCCN(C)C)C(=O)O)cnn1C. The van der Waals surface area contributed by atoms with Crippen molar-refractivity contribution in [3.05, 3.63) is 17.5 Å². The van der Waals surface area contributed by atoms with Crippen molar-refractivity contribution in [2.24, 2.45) is 7.05 Å². The third-order valence-electron chi connectivity index (χ3n) is 2.74. The number of carboxylic acid groups (broad SMARTS) is 1. The Balaban J connectivity index is 2.73. The highest BCUT2D eigenvalue weighted by Crippen LogP contribution is 2.16. The number of nitrogens with one attached hydrogen (secondary N) is 1. The minimum Gasteiger partial charge on any atom is -0.480 e. The molecule has 1 rings (SSSR count). The van der Waals surface area contributed by atoms with E-state index in [2.05, 4.69) is 10.4 Å². The largest absolute Gasteiger partial charge is 0.480 e. The van der Waals surface area contributed by atoms with E-state index in [4.69, 9.17) is 0 Å².